The van der Waals surface area contributed by atoms with E-state index in [1.165, 1.54) is 0 Å². The van der Waals surface area contributed by atoms with Gasteiger partial charge in [0.15, 0.2) is 5.76 Å². The van der Waals surface area contributed by atoms with E-state index in [1.807, 2.05) is 72.8 Å². The number of ether oxygens (including phenoxy) is 3. The third kappa shape index (κ3) is 4.93. The fraction of sp³-hybridized carbons (Fsp3) is 0.0741. The van der Waals surface area contributed by atoms with Gasteiger partial charge in [-0.2, -0.15) is 0 Å². The summed E-state index contributed by atoms with van der Waals surface area (Å²) in [5.74, 6) is 2.06. The smallest absolute Gasteiger partial charge is 0.231 e. The molecule has 0 bridgehead atoms. The monoisotopic (exact) mass is 410 g/mol. The molecule has 0 atom stereocenters. The van der Waals surface area contributed by atoms with E-state index in [2.05, 4.69) is 0 Å². The molecule has 4 nitrogen and oxygen atoms in total. The van der Waals surface area contributed by atoms with Gasteiger partial charge >= 0.3 is 0 Å². The molecule has 4 heteroatoms. The van der Waals surface area contributed by atoms with Gasteiger partial charge in [0, 0.05) is 11.6 Å². The number of benzene rings is 3. The zero-order valence-corrected chi connectivity index (χ0v) is 17.2. The van der Waals surface area contributed by atoms with Gasteiger partial charge in [0.25, 0.3) is 0 Å². The predicted octanol–water partition coefficient (Wildman–Crippen LogP) is 5.96. The lowest BCUT2D eigenvalue weighted by Gasteiger charge is -2.04. The Morgan fingerprint density at radius 3 is 2.58 bits per heavy atom. The first-order valence-electron chi connectivity index (χ1n) is 9.97. The van der Waals surface area contributed by atoms with Crippen LogP contribution in [0.25, 0.3) is 12.2 Å². The summed E-state index contributed by atoms with van der Waals surface area (Å²) in [6, 6.07) is 23.0. The van der Waals surface area contributed by atoms with Gasteiger partial charge in [-0.25, -0.2) is 0 Å². The molecule has 0 radical (unpaired) electrons. The second-order valence-corrected chi connectivity index (χ2v) is 6.85. The number of hydrogen-bond donors (Lipinski definition) is 0. The molecule has 3 aromatic rings. The van der Waals surface area contributed by atoms with Crippen molar-refractivity contribution in [3.63, 3.8) is 0 Å². The van der Waals surface area contributed by atoms with Crippen LogP contribution in [0, 0.1) is 0 Å². The summed E-state index contributed by atoms with van der Waals surface area (Å²) in [5, 5.41) is 0. The van der Waals surface area contributed by atoms with Gasteiger partial charge in [-0.15, -0.1) is 0 Å². The average Bonchev–Trinajstić information content (AvgIpc) is 3.12. The normalized spacial score (nSPS) is 14.2. The Hall–Kier alpha value is -4.05. The van der Waals surface area contributed by atoms with Gasteiger partial charge in [0.05, 0.1) is 12.7 Å². The number of Topliss-reactive ketones (excluding diaryl/α,β-unsaturated/α-hetero) is 1. The number of carbonyl (C=O) groups excluding carboxylic acids is 1. The van der Waals surface area contributed by atoms with Crippen molar-refractivity contribution in [2.24, 2.45) is 0 Å². The van der Waals surface area contributed by atoms with Crippen molar-refractivity contribution in [1.82, 2.24) is 0 Å². The molecule has 0 fully saturated rings. The predicted molar refractivity (Wildman–Crippen MR) is 122 cm³/mol. The van der Waals surface area contributed by atoms with Crippen LogP contribution in [0.2, 0.25) is 0 Å². The maximum atomic E-state index is 12.6. The molecule has 1 aliphatic rings. The van der Waals surface area contributed by atoms with Crippen LogP contribution < -0.4 is 14.2 Å². The van der Waals surface area contributed by atoms with Crippen molar-refractivity contribution in [3.05, 3.63) is 113 Å². The molecule has 0 unspecified atom stereocenters. The van der Waals surface area contributed by atoms with Gasteiger partial charge in [0.2, 0.25) is 5.78 Å². The molecular weight excluding hydrogens is 388 g/mol. The van der Waals surface area contributed by atoms with Crippen molar-refractivity contribution in [2.75, 3.05) is 13.7 Å². The van der Waals surface area contributed by atoms with E-state index < -0.39 is 0 Å². The highest BCUT2D eigenvalue weighted by molar-refractivity contribution is 6.12. The van der Waals surface area contributed by atoms with Crippen LogP contribution >= 0.6 is 0 Å². The van der Waals surface area contributed by atoms with Gasteiger partial charge < -0.3 is 14.2 Å². The molecule has 0 N–H and O–H groups in total. The van der Waals surface area contributed by atoms with Gasteiger partial charge in [-0.3, -0.25) is 4.79 Å². The standard InChI is InChI=1S/C27H22O4/c1-29-24-14-6-5-12-21(24)13-7-15-25-27(28)23-17-16-22(19-26(23)31-25)30-18-8-11-20-9-3-2-4-10-20/h2-17,19H,18H2,1H3/b11-8+,13-7+,25-15-. The minimum absolute atomic E-state index is 0.143. The third-order valence-corrected chi connectivity index (χ3v) is 4.76. The molecule has 31 heavy (non-hydrogen) atoms. The van der Waals surface area contributed by atoms with Gasteiger partial charge in [0.1, 0.15) is 23.9 Å². The molecule has 0 saturated heterocycles. The van der Waals surface area contributed by atoms with Crippen molar-refractivity contribution in [1.29, 1.82) is 0 Å². The Labute approximate surface area is 181 Å². The number of allylic oxidation sites excluding steroid dienone is 3. The van der Waals surface area contributed by atoms with E-state index in [0.29, 0.717) is 23.7 Å². The maximum absolute atomic E-state index is 12.6. The molecule has 0 aliphatic carbocycles. The lowest BCUT2D eigenvalue weighted by molar-refractivity contribution is 0.101. The van der Waals surface area contributed by atoms with Crippen LogP contribution in [0.15, 0.2) is 96.8 Å². The molecule has 1 heterocycles. The summed E-state index contributed by atoms with van der Waals surface area (Å²) < 4.78 is 16.9. The molecule has 0 aromatic heterocycles. The fourth-order valence-electron chi connectivity index (χ4n) is 3.21. The minimum atomic E-state index is -0.143. The van der Waals surface area contributed by atoms with E-state index >= 15 is 0 Å². The Balaban J connectivity index is 1.40. The first-order chi connectivity index (χ1) is 15.2. The molecule has 0 saturated carbocycles. The Kier molecular flexibility index (Phi) is 6.29. The van der Waals surface area contributed by atoms with Crippen LogP contribution in [0.5, 0.6) is 17.2 Å². The molecule has 4 rings (SSSR count). The first-order valence-corrected chi connectivity index (χ1v) is 9.97. The van der Waals surface area contributed by atoms with Crippen molar-refractivity contribution >= 4 is 17.9 Å². The molecule has 0 spiro atoms. The summed E-state index contributed by atoms with van der Waals surface area (Å²) in [4.78, 5) is 12.6. The van der Waals surface area contributed by atoms with E-state index in [9.17, 15) is 4.79 Å². The zero-order chi connectivity index (χ0) is 21.5. The van der Waals surface area contributed by atoms with Crippen LogP contribution in [0.3, 0.4) is 0 Å². The van der Waals surface area contributed by atoms with Crippen molar-refractivity contribution < 1.29 is 19.0 Å². The van der Waals surface area contributed by atoms with Gasteiger partial charge in [-0.05, 0) is 35.9 Å². The quantitative estimate of drug-likeness (QED) is 0.451. The van der Waals surface area contributed by atoms with E-state index in [1.54, 1.807) is 37.5 Å². The average molecular weight is 410 g/mol. The summed E-state index contributed by atoms with van der Waals surface area (Å²) in [7, 11) is 1.63. The number of ketones is 1. The third-order valence-electron chi connectivity index (χ3n) is 4.76. The lowest BCUT2D eigenvalue weighted by Crippen LogP contribution is -1.97. The zero-order valence-electron chi connectivity index (χ0n) is 17.2. The fourth-order valence-corrected chi connectivity index (χ4v) is 3.21. The van der Waals surface area contributed by atoms with Crippen LogP contribution in [-0.2, 0) is 0 Å². The molecule has 0 amide bonds. The Bertz CT molecular complexity index is 1160. The van der Waals surface area contributed by atoms with Crippen LogP contribution in [0.1, 0.15) is 21.5 Å². The van der Waals surface area contributed by atoms with Crippen molar-refractivity contribution in [3.8, 4) is 17.2 Å². The second kappa shape index (κ2) is 9.63. The SMILES string of the molecule is COc1ccccc1/C=C/C=C1\Oc2cc(OC/C=C/c3ccccc3)ccc2C1=O. The van der Waals surface area contributed by atoms with E-state index in [-0.39, 0.29) is 11.5 Å². The first kappa shape index (κ1) is 20.2. The lowest BCUT2D eigenvalue weighted by atomic mass is 10.1. The molecule has 1 aliphatic heterocycles. The molecular formula is C27H22O4. The number of hydrogen-bond acceptors (Lipinski definition) is 4. The number of para-hydroxylation sites is 1. The summed E-state index contributed by atoms with van der Waals surface area (Å²) >= 11 is 0. The molecule has 3 aromatic carbocycles. The second-order valence-electron chi connectivity index (χ2n) is 6.85. The van der Waals surface area contributed by atoms with E-state index in [0.717, 1.165) is 16.9 Å². The summed E-state index contributed by atoms with van der Waals surface area (Å²) in [6.45, 7) is 0.423. The van der Waals surface area contributed by atoms with Gasteiger partial charge in [-0.1, -0.05) is 66.8 Å². The highest BCUT2D eigenvalue weighted by Gasteiger charge is 2.27. The summed E-state index contributed by atoms with van der Waals surface area (Å²) in [6.07, 6.45) is 9.27. The maximum Gasteiger partial charge on any atom is 0.231 e. The Morgan fingerprint density at radius 1 is 0.935 bits per heavy atom. The number of fused-ring (bicyclic) bond motifs is 1. The number of carbonyl (C=O) groups is 1. The van der Waals surface area contributed by atoms with Crippen molar-refractivity contribution in [2.45, 2.75) is 0 Å². The highest BCUT2D eigenvalue weighted by Crippen LogP contribution is 2.34. The minimum Gasteiger partial charge on any atom is -0.496 e. The van der Waals surface area contributed by atoms with Crippen LogP contribution in [-0.4, -0.2) is 19.5 Å². The topological polar surface area (TPSA) is 44.8 Å². The molecule has 154 valence electrons. The number of methoxy groups -OCH3 is 1. The highest BCUT2D eigenvalue weighted by atomic mass is 16.5. The summed E-state index contributed by atoms with van der Waals surface area (Å²) in [5.41, 5.74) is 2.57. The van der Waals surface area contributed by atoms with Crippen LogP contribution in [0.4, 0.5) is 0 Å². The largest absolute Gasteiger partial charge is 0.496 e. The Morgan fingerprint density at radius 2 is 1.74 bits per heavy atom. The number of rotatable bonds is 7. The van der Waals surface area contributed by atoms with E-state index in [4.69, 9.17) is 14.2 Å².